The van der Waals surface area contributed by atoms with Crippen molar-refractivity contribution in [2.45, 2.75) is 33.2 Å². The Morgan fingerprint density at radius 2 is 1.89 bits per heavy atom. The zero-order chi connectivity index (χ0) is 14.3. The highest BCUT2D eigenvalue weighted by Crippen LogP contribution is 2.12. The van der Waals surface area contributed by atoms with E-state index in [4.69, 9.17) is 5.11 Å². The number of carboxylic acids is 1. The molecular weight excluding hydrogens is 240 g/mol. The monoisotopic (exact) mass is 260 g/mol. The molecule has 0 rings (SSSR count). The van der Waals surface area contributed by atoms with Crippen molar-refractivity contribution in [3.8, 4) is 0 Å². The molecule has 1 atom stereocenters. The number of hydrogen-bond acceptors (Lipinski definition) is 4. The highest BCUT2D eigenvalue weighted by molar-refractivity contribution is 5.78. The second kappa shape index (κ2) is 6.83. The molecule has 104 valence electrons. The molecule has 0 aliphatic carbocycles. The van der Waals surface area contributed by atoms with Crippen LogP contribution in [-0.2, 0) is 14.3 Å². The SMILES string of the molecule is COC(=O)CC(C)NC(=O)NCC(C)(C)C(=O)O. The van der Waals surface area contributed by atoms with Gasteiger partial charge in [-0.15, -0.1) is 0 Å². The van der Waals surface area contributed by atoms with E-state index < -0.39 is 23.4 Å². The number of methoxy groups -OCH3 is 1. The molecule has 2 amide bonds. The Hall–Kier alpha value is -1.79. The number of amides is 2. The van der Waals surface area contributed by atoms with E-state index in [0.717, 1.165) is 0 Å². The molecule has 0 radical (unpaired) electrons. The maximum atomic E-state index is 11.4. The summed E-state index contributed by atoms with van der Waals surface area (Å²) in [6, 6.07) is -0.897. The smallest absolute Gasteiger partial charge is 0.315 e. The normalized spacial score (nSPS) is 12.4. The van der Waals surface area contributed by atoms with E-state index in [1.165, 1.54) is 21.0 Å². The van der Waals surface area contributed by atoms with Crippen LogP contribution in [0.25, 0.3) is 0 Å². The summed E-state index contributed by atoms with van der Waals surface area (Å²) >= 11 is 0. The van der Waals surface area contributed by atoms with Gasteiger partial charge in [0.25, 0.3) is 0 Å². The minimum Gasteiger partial charge on any atom is -0.481 e. The van der Waals surface area contributed by atoms with Crippen LogP contribution in [0, 0.1) is 5.41 Å². The zero-order valence-corrected chi connectivity index (χ0v) is 11.1. The zero-order valence-electron chi connectivity index (χ0n) is 11.1. The molecule has 0 heterocycles. The lowest BCUT2D eigenvalue weighted by Crippen LogP contribution is -2.46. The number of carbonyl (C=O) groups excluding carboxylic acids is 2. The molecule has 0 aromatic rings. The van der Waals surface area contributed by atoms with Crippen molar-refractivity contribution in [1.82, 2.24) is 10.6 Å². The summed E-state index contributed by atoms with van der Waals surface area (Å²) in [5, 5.41) is 13.8. The van der Waals surface area contributed by atoms with Gasteiger partial charge in [0.2, 0.25) is 0 Å². The van der Waals surface area contributed by atoms with Gasteiger partial charge in [0.15, 0.2) is 0 Å². The molecule has 0 spiro atoms. The van der Waals surface area contributed by atoms with E-state index in [1.54, 1.807) is 6.92 Å². The average molecular weight is 260 g/mol. The third kappa shape index (κ3) is 6.07. The molecule has 0 fully saturated rings. The first-order valence-corrected chi connectivity index (χ1v) is 5.53. The largest absolute Gasteiger partial charge is 0.481 e. The minimum atomic E-state index is -1.04. The molecule has 0 aliphatic heterocycles. The highest BCUT2D eigenvalue weighted by Gasteiger charge is 2.27. The summed E-state index contributed by atoms with van der Waals surface area (Å²) in [7, 11) is 1.27. The van der Waals surface area contributed by atoms with E-state index in [-0.39, 0.29) is 19.0 Å². The van der Waals surface area contributed by atoms with Gasteiger partial charge in [0, 0.05) is 12.6 Å². The van der Waals surface area contributed by atoms with Gasteiger partial charge in [-0.25, -0.2) is 4.79 Å². The van der Waals surface area contributed by atoms with E-state index >= 15 is 0 Å². The Morgan fingerprint density at radius 1 is 1.33 bits per heavy atom. The number of nitrogens with one attached hydrogen (secondary N) is 2. The Kier molecular flexibility index (Phi) is 6.15. The third-order valence-electron chi connectivity index (χ3n) is 2.35. The summed E-state index contributed by atoms with van der Waals surface area (Å²) in [6.45, 7) is 4.67. The second-order valence-electron chi connectivity index (χ2n) is 4.70. The number of ether oxygens (including phenoxy) is 1. The van der Waals surface area contributed by atoms with Gasteiger partial charge in [0.05, 0.1) is 18.9 Å². The van der Waals surface area contributed by atoms with Gasteiger partial charge >= 0.3 is 18.0 Å². The van der Waals surface area contributed by atoms with Crippen LogP contribution < -0.4 is 10.6 Å². The Labute approximate surface area is 106 Å². The molecule has 3 N–H and O–H groups in total. The lowest BCUT2D eigenvalue weighted by Gasteiger charge is -2.20. The second-order valence-corrected chi connectivity index (χ2v) is 4.70. The molecule has 0 aliphatic rings. The van der Waals surface area contributed by atoms with Crippen molar-refractivity contribution in [1.29, 1.82) is 0 Å². The van der Waals surface area contributed by atoms with Crippen molar-refractivity contribution < 1.29 is 24.2 Å². The molecule has 0 saturated heterocycles. The number of carbonyl (C=O) groups is 3. The Balaban J connectivity index is 4.05. The molecule has 0 aromatic carbocycles. The summed E-state index contributed by atoms with van der Waals surface area (Å²) in [5.74, 6) is -1.42. The Morgan fingerprint density at radius 3 is 2.33 bits per heavy atom. The van der Waals surface area contributed by atoms with Crippen LogP contribution in [0.4, 0.5) is 4.79 Å². The topological polar surface area (TPSA) is 105 Å². The van der Waals surface area contributed by atoms with Gasteiger partial charge < -0.3 is 20.5 Å². The predicted molar refractivity (Wildman–Crippen MR) is 64.0 cm³/mol. The van der Waals surface area contributed by atoms with Crippen LogP contribution in [0.2, 0.25) is 0 Å². The number of urea groups is 1. The van der Waals surface area contributed by atoms with Crippen LogP contribution in [-0.4, -0.2) is 42.8 Å². The van der Waals surface area contributed by atoms with E-state index in [0.29, 0.717) is 0 Å². The van der Waals surface area contributed by atoms with Crippen molar-refractivity contribution >= 4 is 18.0 Å². The fraction of sp³-hybridized carbons (Fsp3) is 0.727. The molecule has 0 bridgehead atoms. The standard InChI is InChI=1S/C11H20N2O5/c1-7(5-8(14)18-4)13-10(17)12-6-11(2,3)9(15)16/h7H,5-6H2,1-4H3,(H,15,16)(H2,12,13,17). The van der Waals surface area contributed by atoms with Crippen LogP contribution in [0.1, 0.15) is 27.2 Å². The predicted octanol–water partition coefficient (Wildman–Crippen LogP) is 0.348. The first-order chi connectivity index (χ1) is 8.19. The van der Waals surface area contributed by atoms with Crippen LogP contribution in [0.5, 0.6) is 0 Å². The van der Waals surface area contributed by atoms with Crippen molar-refractivity contribution in [3.63, 3.8) is 0 Å². The quantitative estimate of drug-likeness (QED) is 0.598. The molecule has 7 heteroatoms. The number of rotatable bonds is 6. The third-order valence-corrected chi connectivity index (χ3v) is 2.35. The summed E-state index contributed by atoms with van der Waals surface area (Å²) in [5.41, 5.74) is -1.04. The molecule has 1 unspecified atom stereocenters. The van der Waals surface area contributed by atoms with Gasteiger partial charge in [-0.3, -0.25) is 9.59 Å². The fourth-order valence-electron chi connectivity index (χ4n) is 1.04. The number of carboxylic acid groups (broad SMARTS) is 1. The molecule has 0 aromatic heterocycles. The summed E-state index contributed by atoms with van der Waals surface area (Å²) in [4.78, 5) is 33.2. The van der Waals surface area contributed by atoms with Crippen LogP contribution in [0.3, 0.4) is 0 Å². The maximum absolute atomic E-state index is 11.4. The van der Waals surface area contributed by atoms with Gasteiger partial charge in [-0.05, 0) is 20.8 Å². The summed E-state index contributed by atoms with van der Waals surface area (Å²) in [6.07, 6.45) is 0.0617. The first-order valence-electron chi connectivity index (χ1n) is 5.53. The molecule has 7 nitrogen and oxygen atoms in total. The van der Waals surface area contributed by atoms with E-state index in [1.807, 2.05) is 0 Å². The summed E-state index contributed by atoms with van der Waals surface area (Å²) < 4.78 is 4.46. The van der Waals surface area contributed by atoms with Crippen molar-refractivity contribution in [3.05, 3.63) is 0 Å². The first kappa shape index (κ1) is 16.2. The molecular formula is C11H20N2O5. The minimum absolute atomic E-state index is 0.000882. The number of esters is 1. The van der Waals surface area contributed by atoms with Gasteiger partial charge in [-0.1, -0.05) is 0 Å². The number of aliphatic carboxylic acids is 1. The molecule has 0 saturated carbocycles. The lowest BCUT2D eigenvalue weighted by molar-refractivity contribution is -0.146. The van der Waals surface area contributed by atoms with E-state index in [2.05, 4.69) is 15.4 Å². The Bertz CT molecular complexity index is 327. The van der Waals surface area contributed by atoms with Crippen LogP contribution in [0.15, 0.2) is 0 Å². The van der Waals surface area contributed by atoms with Crippen molar-refractivity contribution in [2.75, 3.05) is 13.7 Å². The average Bonchev–Trinajstić information content (AvgIpc) is 2.25. The fourth-order valence-corrected chi connectivity index (χ4v) is 1.04. The highest BCUT2D eigenvalue weighted by atomic mass is 16.5. The van der Waals surface area contributed by atoms with Gasteiger partial charge in [0.1, 0.15) is 0 Å². The van der Waals surface area contributed by atoms with Crippen molar-refractivity contribution in [2.24, 2.45) is 5.41 Å². The maximum Gasteiger partial charge on any atom is 0.315 e. The van der Waals surface area contributed by atoms with Gasteiger partial charge in [-0.2, -0.15) is 0 Å². The lowest BCUT2D eigenvalue weighted by atomic mass is 9.94. The van der Waals surface area contributed by atoms with E-state index in [9.17, 15) is 14.4 Å². The number of hydrogen-bond donors (Lipinski definition) is 3. The molecule has 18 heavy (non-hydrogen) atoms. The van der Waals surface area contributed by atoms with Crippen LogP contribution >= 0.6 is 0 Å².